The molecule has 0 heterocycles. The number of carbonyl (C=O) groups is 2. The van der Waals surface area contributed by atoms with Crippen LogP contribution in [0.1, 0.15) is 64.4 Å². The largest absolute Gasteiger partial charge is 0.299 e. The van der Waals surface area contributed by atoms with Crippen LogP contribution in [0.4, 0.5) is 0 Å². The predicted molar refractivity (Wildman–Crippen MR) is 124 cm³/mol. The summed E-state index contributed by atoms with van der Waals surface area (Å²) >= 11 is 0. The zero-order valence-corrected chi connectivity index (χ0v) is 18.9. The highest BCUT2D eigenvalue weighted by Crippen LogP contribution is 2.63. The van der Waals surface area contributed by atoms with Crippen LogP contribution in [0, 0.1) is 28.6 Å². The predicted octanol–water partition coefficient (Wildman–Crippen LogP) is 6.42. The summed E-state index contributed by atoms with van der Waals surface area (Å²) in [5.41, 5.74) is 3.82. The third-order valence-electron chi connectivity index (χ3n) is 9.02. The molecule has 2 heteroatoms. The molecule has 162 valence electrons. The van der Waals surface area contributed by atoms with Crippen molar-refractivity contribution in [3.05, 3.63) is 71.3 Å². The van der Waals surface area contributed by atoms with Gasteiger partial charge in [0.1, 0.15) is 5.78 Å². The molecule has 0 aliphatic heterocycles. The average Bonchev–Trinajstić information content (AvgIpc) is 3.07. The number of allylic oxidation sites excluding steroid dienone is 6. The Morgan fingerprint density at radius 2 is 1.74 bits per heavy atom. The molecule has 2 fully saturated rings. The molecule has 0 saturated heterocycles. The maximum atomic E-state index is 12.7. The van der Waals surface area contributed by atoms with E-state index in [2.05, 4.69) is 56.3 Å². The first kappa shape index (κ1) is 20.7. The van der Waals surface area contributed by atoms with Gasteiger partial charge in [-0.25, -0.2) is 0 Å². The Hall–Kier alpha value is -2.22. The summed E-state index contributed by atoms with van der Waals surface area (Å²) < 4.78 is 0. The van der Waals surface area contributed by atoms with E-state index in [4.69, 9.17) is 0 Å². The molecule has 0 spiro atoms. The van der Waals surface area contributed by atoms with Gasteiger partial charge in [-0.2, -0.15) is 0 Å². The number of rotatable bonds is 5. The van der Waals surface area contributed by atoms with Crippen LogP contribution < -0.4 is 0 Å². The molecular formula is C29H34O2. The lowest BCUT2D eigenvalue weighted by molar-refractivity contribution is -0.130. The maximum Gasteiger partial charge on any atom is 0.178 e. The number of unbranched alkanes of at least 4 members (excludes halogenated alkanes) is 1. The number of Topliss-reactive ketones (excluding diaryl/α,β-unsaturated/α-hetero) is 1. The summed E-state index contributed by atoms with van der Waals surface area (Å²) in [6.07, 6.45) is 16.7. The van der Waals surface area contributed by atoms with Gasteiger partial charge < -0.3 is 0 Å². The Labute approximate surface area is 186 Å². The molecule has 0 aromatic heterocycles. The van der Waals surface area contributed by atoms with Crippen molar-refractivity contribution in [1.82, 2.24) is 0 Å². The minimum Gasteiger partial charge on any atom is -0.299 e. The summed E-state index contributed by atoms with van der Waals surface area (Å²) in [4.78, 5) is 25.1. The Morgan fingerprint density at radius 1 is 0.968 bits per heavy atom. The standard InChI is InChI=1S/C29H34O2/c1-28-16-14-22(30)19-26(28)21(11-7-6-10-20-8-4-3-5-9-20)18-23-24-12-13-27(31)29(24,2)17-15-25(23)28/h3-5,8-9,14,16,18-19,23-25H,6-7,10-13,15,17H2,1-2H3/t23-,24-,25-,28+,29-/m0/s1. The van der Waals surface area contributed by atoms with Crippen LogP contribution in [0.15, 0.2) is 65.8 Å². The first-order valence-electron chi connectivity index (χ1n) is 12.2. The molecule has 0 unspecified atom stereocenters. The molecule has 5 rings (SSSR count). The van der Waals surface area contributed by atoms with Crippen molar-refractivity contribution >= 4 is 11.6 Å². The van der Waals surface area contributed by atoms with Crippen molar-refractivity contribution in [2.45, 2.75) is 65.2 Å². The molecule has 1 aromatic rings. The van der Waals surface area contributed by atoms with Crippen LogP contribution in [0.3, 0.4) is 0 Å². The smallest absolute Gasteiger partial charge is 0.178 e. The van der Waals surface area contributed by atoms with E-state index in [-0.39, 0.29) is 16.6 Å². The molecule has 4 aliphatic carbocycles. The molecule has 2 saturated carbocycles. The van der Waals surface area contributed by atoms with Crippen molar-refractivity contribution in [2.24, 2.45) is 28.6 Å². The van der Waals surface area contributed by atoms with Crippen LogP contribution in [0.25, 0.3) is 0 Å². The van der Waals surface area contributed by atoms with Crippen molar-refractivity contribution in [1.29, 1.82) is 0 Å². The van der Waals surface area contributed by atoms with Crippen LogP contribution >= 0.6 is 0 Å². The third kappa shape index (κ3) is 3.39. The molecule has 4 aliphatic rings. The summed E-state index contributed by atoms with van der Waals surface area (Å²) in [5.74, 6) is 2.02. The molecule has 2 nitrogen and oxygen atoms in total. The van der Waals surface area contributed by atoms with E-state index in [1.54, 1.807) is 6.08 Å². The third-order valence-corrected chi connectivity index (χ3v) is 9.02. The monoisotopic (exact) mass is 414 g/mol. The molecule has 1 aromatic carbocycles. The van der Waals surface area contributed by atoms with Gasteiger partial charge in [0.05, 0.1) is 0 Å². The van der Waals surface area contributed by atoms with Gasteiger partial charge >= 0.3 is 0 Å². The highest BCUT2D eigenvalue weighted by molar-refractivity contribution is 6.02. The fraction of sp³-hybridized carbons (Fsp3) is 0.517. The van der Waals surface area contributed by atoms with E-state index in [1.807, 2.05) is 6.08 Å². The first-order valence-corrected chi connectivity index (χ1v) is 12.2. The van der Waals surface area contributed by atoms with Gasteiger partial charge in [0.25, 0.3) is 0 Å². The Balaban J connectivity index is 1.41. The number of aryl methyl sites for hydroxylation is 1. The van der Waals surface area contributed by atoms with E-state index < -0.39 is 0 Å². The fourth-order valence-electron chi connectivity index (χ4n) is 7.18. The van der Waals surface area contributed by atoms with Crippen LogP contribution in [0.5, 0.6) is 0 Å². The molecule has 0 radical (unpaired) electrons. The molecule has 0 bridgehead atoms. The van der Waals surface area contributed by atoms with Gasteiger partial charge in [-0.05, 0) is 91.6 Å². The number of carbonyl (C=O) groups excluding carboxylic acids is 2. The fourth-order valence-corrected chi connectivity index (χ4v) is 7.18. The molecule has 0 N–H and O–H groups in total. The van der Waals surface area contributed by atoms with E-state index in [9.17, 15) is 9.59 Å². The van der Waals surface area contributed by atoms with Crippen LogP contribution in [0.2, 0.25) is 0 Å². The molecule has 0 amide bonds. The van der Waals surface area contributed by atoms with Gasteiger partial charge in [-0.3, -0.25) is 9.59 Å². The number of ketones is 2. The minimum atomic E-state index is -0.137. The van der Waals surface area contributed by atoms with Crippen molar-refractivity contribution in [2.75, 3.05) is 0 Å². The Kier molecular flexibility index (Phi) is 5.15. The van der Waals surface area contributed by atoms with E-state index in [0.717, 1.165) is 51.4 Å². The highest BCUT2D eigenvalue weighted by Gasteiger charge is 2.58. The lowest BCUT2D eigenvalue weighted by Crippen LogP contribution is -2.49. The maximum absolute atomic E-state index is 12.7. The van der Waals surface area contributed by atoms with E-state index in [0.29, 0.717) is 23.5 Å². The molecule has 31 heavy (non-hydrogen) atoms. The minimum absolute atomic E-state index is 0.0743. The Bertz CT molecular complexity index is 981. The average molecular weight is 415 g/mol. The van der Waals surface area contributed by atoms with Crippen LogP contribution in [-0.4, -0.2) is 11.6 Å². The van der Waals surface area contributed by atoms with Gasteiger partial charge in [0, 0.05) is 17.3 Å². The topological polar surface area (TPSA) is 34.1 Å². The highest BCUT2D eigenvalue weighted by atomic mass is 16.1. The molecular weight excluding hydrogens is 380 g/mol. The quantitative estimate of drug-likeness (QED) is 0.521. The van der Waals surface area contributed by atoms with Crippen LogP contribution in [-0.2, 0) is 16.0 Å². The molecule has 5 atom stereocenters. The lowest BCUT2D eigenvalue weighted by Gasteiger charge is -2.54. The second-order valence-electron chi connectivity index (χ2n) is 10.7. The normalized spacial score (nSPS) is 36.4. The Morgan fingerprint density at radius 3 is 2.55 bits per heavy atom. The second-order valence-corrected chi connectivity index (χ2v) is 10.7. The zero-order chi connectivity index (χ0) is 21.6. The summed E-state index contributed by atoms with van der Waals surface area (Å²) in [6, 6.07) is 10.7. The summed E-state index contributed by atoms with van der Waals surface area (Å²) in [6.45, 7) is 4.57. The van der Waals surface area contributed by atoms with E-state index in [1.165, 1.54) is 16.7 Å². The first-order chi connectivity index (χ1) is 14.9. The van der Waals surface area contributed by atoms with Gasteiger partial charge in [0.2, 0.25) is 0 Å². The van der Waals surface area contributed by atoms with Gasteiger partial charge in [-0.15, -0.1) is 0 Å². The SMILES string of the molecule is C[C@]12C=CC(=O)C=C1C(CCCCc1ccccc1)=C[C@@H]1[C@@H]2CC[C@]2(C)C(=O)CC[C@@H]12. The lowest BCUT2D eigenvalue weighted by atomic mass is 9.49. The second kappa shape index (κ2) is 7.73. The van der Waals surface area contributed by atoms with Crippen molar-refractivity contribution in [3.63, 3.8) is 0 Å². The van der Waals surface area contributed by atoms with E-state index >= 15 is 0 Å². The van der Waals surface area contributed by atoms with Gasteiger partial charge in [-0.1, -0.05) is 56.3 Å². The number of hydrogen-bond donors (Lipinski definition) is 0. The zero-order valence-electron chi connectivity index (χ0n) is 18.9. The summed E-state index contributed by atoms with van der Waals surface area (Å²) in [7, 11) is 0. The van der Waals surface area contributed by atoms with Crippen molar-refractivity contribution in [3.8, 4) is 0 Å². The number of hydrogen-bond acceptors (Lipinski definition) is 2. The number of benzene rings is 1. The summed E-state index contributed by atoms with van der Waals surface area (Å²) in [5, 5.41) is 0. The number of fused-ring (bicyclic) bond motifs is 5. The van der Waals surface area contributed by atoms with Gasteiger partial charge in [0.15, 0.2) is 5.78 Å². The van der Waals surface area contributed by atoms with Crippen molar-refractivity contribution < 1.29 is 9.59 Å².